The predicted octanol–water partition coefficient (Wildman–Crippen LogP) is -0.234. The summed E-state index contributed by atoms with van der Waals surface area (Å²) in [5.41, 5.74) is 0.868. The Kier molecular flexibility index (Phi) is 5.15. The van der Waals surface area contributed by atoms with E-state index >= 15 is 0 Å². The summed E-state index contributed by atoms with van der Waals surface area (Å²) in [6.45, 7) is 2.57. The molecule has 3 rings (SSSR count). The summed E-state index contributed by atoms with van der Waals surface area (Å²) >= 11 is 0. The molecule has 1 aromatic rings. The van der Waals surface area contributed by atoms with Crippen molar-refractivity contribution in [1.82, 2.24) is 25.3 Å². The molecular weight excluding hydrogens is 310 g/mol. The average Bonchev–Trinajstić information content (AvgIpc) is 3.25. The maximum atomic E-state index is 12.6. The quantitative estimate of drug-likeness (QED) is 0.749. The van der Waals surface area contributed by atoms with Crippen LogP contribution < -0.4 is 5.32 Å². The van der Waals surface area contributed by atoms with Crippen LogP contribution in [0.4, 0.5) is 0 Å². The van der Waals surface area contributed by atoms with E-state index in [2.05, 4.69) is 15.5 Å². The van der Waals surface area contributed by atoms with Crippen LogP contribution in [0.15, 0.2) is 12.3 Å². The van der Waals surface area contributed by atoms with Crippen LogP contribution in [0.3, 0.4) is 0 Å². The molecule has 8 nitrogen and oxygen atoms in total. The summed E-state index contributed by atoms with van der Waals surface area (Å²) in [5, 5.41) is 9.90. The van der Waals surface area contributed by atoms with Gasteiger partial charge in [0.1, 0.15) is 6.10 Å². The smallest absolute Gasteiger partial charge is 0.225 e. The molecule has 0 bridgehead atoms. The van der Waals surface area contributed by atoms with Crippen molar-refractivity contribution in [3.8, 4) is 0 Å². The Morgan fingerprint density at radius 2 is 2.38 bits per heavy atom. The van der Waals surface area contributed by atoms with Crippen LogP contribution in [0.1, 0.15) is 24.6 Å². The standard InChI is InChI=1S/C16H25N5O3/c1-20(2)6-7-21-10-11(9-14(21)22)16(23)18-12-4-8-24-15(12)13-3-5-17-19-13/h3,5,11-12,15H,4,6-10H2,1-2H3,(H,17,19)(H,18,23)/t11?,12-,15-/m1/s1. The van der Waals surface area contributed by atoms with Crippen LogP contribution >= 0.6 is 0 Å². The first-order valence-electron chi connectivity index (χ1n) is 8.38. The molecule has 2 saturated heterocycles. The summed E-state index contributed by atoms with van der Waals surface area (Å²) in [7, 11) is 3.95. The molecule has 2 N–H and O–H groups in total. The van der Waals surface area contributed by atoms with Crippen molar-refractivity contribution >= 4 is 11.8 Å². The van der Waals surface area contributed by atoms with Crippen molar-refractivity contribution in [2.24, 2.45) is 5.92 Å². The molecule has 2 aliphatic rings. The van der Waals surface area contributed by atoms with Gasteiger partial charge in [0.2, 0.25) is 11.8 Å². The lowest BCUT2D eigenvalue weighted by atomic mass is 10.0. The molecule has 1 aromatic heterocycles. The van der Waals surface area contributed by atoms with Gasteiger partial charge in [-0.05, 0) is 26.6 Å². The van der Waals surface area contributed by atoms with Crippen LogP contribution in [0.2, 0.25) is 0 Å². The van der Waals surface area contributed by atoms with Crippen LogP contribution in [0.5, 0.6) is 0 Å². The van der Waals surface area contributed by atoms with E-state index in [0.29, 0.717) is 26.1 Å². The highest BCUT2D eigenvalue weighted by Gasteiger charge is 2.37. The van der Waals surface area contributed by atoms with Gasteiger partial charge in [-0.3, -0.25) is 14.7 Å². The monoisotopic (exact) mass is 335 g/mol. The summed E-state index contributed by atoms with van der Waals surface area (Å²) in [4.78, 5) is 28.5. The Labute approximate surface area is 141 Å². The molecule has 0 aromatic carbocycles. The number of carbonyl (C=O) groups is 2. The Morgan fingerprint density at radius 3 is 3.08 bits per heavy atom. The molecule has 2 amide bonds. The number of nitrogens with zero attached hydrogens (tertiary/aromatic N) is 3. The number of likely N-dealkylation sites (tertiary alicyclic amines) is 1. The number of hydrogen-bond acceptors (Lipinski definition) is 5. The highest BCUT2D eigenvalue weighted by atomic mass is 16.5. The molecule has 3 atom stereocenters. The number of carbonyl (C=O) groups excluding carboxylic acids is 2. The summed E-state index contributed by atoms with van der Waals surface area (Å²) in [6, 6.07) is 1.78. The lowest BCUT2D eigenvalue weighted by Gasteiger charge is -2.21. The third kappa shape index (κ3) is 3.76. The first-order valence-corrected chi connectivity index (χ1v) is 8.38. The topological polar surface area (TPSA) is 90.6 Å². The summed E-state index contributed by atoms with van der Waals surface area (Å²) < 4.78 is 5.71. The zero-order valence-electron chi connectivity index (χ0n) is 14.2. The van der Waals surface area contributed by atoms with Gasteiger partial charge in [0.25, 0.3) is 0 Å². The zero-order chi connectivity index (χ0) is 17.1. The van der Waals surface area contributed by atoms with Gasteiger partial charge < -0.3 is 19.9 Å². The SMILES string of the molecule is CN(C)CCN1CC(C(=O)N[C@@H]2CCO[C@H]2c2ccn[nH]2)CC1=O. The van der Waals surface area contributed by atoms with Crippen molar-refractivity contribution in [3.05, 3.63) is 18.0 Å². The van der Waals surface area contributed by atoms with Crippen molar-refractivity contribution < 1.29 is 14.3 Å². The van der Waals surface area contributed by atoms with E-state index in [1.54, 1.807) is 11.1 Å². The van der Waals surface area contributed by atoms with Crippen LogP contribution in [0, 0.1) is 5.92 Å². The van der Waals surface area contributed by atoms with Crippen molar-refractivity contribution in [1.29, 1.82) is 0 Å². The number of H-pyrrole nitrogens is 1. The number of likely N-dealkylation sites (N-methyl/N-ethyl adjacent to an activating group) is 1. The van der Waals surface area contributed by atoms with Crippen molar-refractivity contribution in [3.63, 3.8) is 0 Å². The predicted molar refractivity (Wildman–Crippen MR) is 87.1 cm³/mol. The molecule has 3 heterocycles. The fraction of sp³-hybridized carbons (Fsp3) is 0.688. The molecule has 0 saturated carbocycles. The highest BCUT2D eigenvalue weighted by molar-refractivity contribution is 5.89. The van der Waals surface area contributed by atoms with Gasteiger partial charge in [0.05, 0.1) is 17.7 Å². The summed E-state index contributed by atoms with van der Waals surface area (Å²) in [5.74, 6) is -0.275. The van der Waals surface area contributed by atoms with E-state index in [0.717, 1.165) is 18.7 Å². The average molecular weight is 335 g/mol. The van der Waals surface area contributed by atoms with E-state index in [4.69, 9.17) is 4.74 Å². The third-order valence-electron chi connectivity index (χ3n) is 4.65. The van der Waals surface area contributed by atoms with E-state index in [-0.39, 0.29) is 29.9 Å². The molecule has 1 unspecified atom stereocenters. The number of aromatic nitrogens is 2. The molecule has 8 heteroatoms. The normalized spacial score (nSPS) is 27.2. The Balaban J connectivity index is 1.54. The largest absolute Gasteiger partial charge is 0.370 e. The fourth-order valence-electron chi connectivity index (χ4n) is 3.25. The first kappa shape index (κ1) is 16.9. The second kappa shape index (κ2) is 7.31. The number of nitrogens with one attached hydrogen (secondary N) is 2. The van der Waals surface area contributed by atoms with E-state index < -0.39 is 0 Å². The second-order valence-electron chi connectivity index (χ2n) is 6.75. The van der Waals surface area contributed by atoms with Gasteiger partial charge in [-0.15, -0.1) is 0 Å². The maximum absolute atomic E-state index is 12.6. The molecule has 0 aliphatic carbocycles. The number of aromatic amines is 1. The Bertz CT molecular complexity index is 574. The molecule has 0 radical (unpaired) electrons. The van der Waals surface area contributed by atoms with Gasteiger partial charge in [0.15, 0.2) is 0 Å². The molecule has 0 spiro atoms. The lowest BCUT2D eigenvalue weighted by molar-refractivity contribution is -0.129. The van der Waals surface area contributed by atoms with Crippen LogP contribution in [-0.4, -0.2) is 78.2 Å². The summed E-state index contributed by atoms with van der Waals surface area (Å²) in [6.07, 6.45) is 2.54. The van der Waals surface area contributed by atoms with Gasteiger partial charge in [-0.25, -0.2) is 0 Å². The number of hydrogen-bond donors (Lipinski definition) is 2. The number of ether oxygens (including phenoxy) is 1. The van der Waals surface area contributed by atoms with Gasteiger partial charge in [-0.2, -0.15) is 5.10 Å². The number of rotatable bonds is 6. The van der Waals surface area contributed by atoms with Crippen LogP contribution in [-0.2, 0) is 14.3 Å². The van der Waals surface area contributed by atoms with Gasteiger partial charge in [-0.1, -0.05) is 0 Å². The van der Waals surface area contributed by atoms with E-state index in [9.17, 15) is 9.59 Å². The van der Waals surface area contributed by atoms with Crippen molar-refractivity contribution in [2.75, 3.05) is 40.3 Å². The Hall–Kier alpha value is -1.93. The Morgan fingerprint density at radius 1 is 1.54 bits per heavy atom. The lowest BCUT2D eigenvalue weighted by Crippen LogP contribution is -2.41. The number of amides is 2. The van der Waals surface area contributed by atoms with Crippen molar-refractivity contribution in [2.45, 2.75) is 25.0 Å². The molecule has 2 fully saturated rings. The molecule has 24 heavy (non-hydrogen) atoms. The second-order valence-corrected chi connectivity index (χ2v) is 6.75. The van der Waals surface area contributed by atoms with Gasteiger partial charge >= 0.3 is 0 Å². The molecule has 2 aliphatic heterocycles. The molecule has 132 valence electrons. The fourth-order valence-corrected chi connectivity index (χ4v) is 3.25. The van der Waals surface area contributed by atoms with Gasteiger partial charge in [0, 0.05) is 38.9 Å². The van der Waals surface area contributed by atoms with E-state index in [1.807, 2.05) is 25.1 Å². The minimum atomic E-state index is -0.275. The first-order chi connectivity index (χ1) is 11.5. The minimum absolute atomic E-state index is 0.0595. The molecular formula is C16H25N5O3. The maximum Gasteiger partial charge on any atom is 0.225 e. The van der Waals surface area contributed by atoms with E-state index in [1.165, 1.54) is 0 Å². The third-order valence-corrected chi connectivity index (χ3v) is 4.65. The minimum Gasteiger partial charge on any atom is -0.370 e. The zero-order valence-corrected chi connectivity index (χ0v) is 14.2. The highest BCUT2D eigenvalue weighted by Crippen LogP contribution is 2.28. The van der Waals surface area contributed by atoms with Crippen LogP contribution in [0.25, 0.3) is 0 Å².